The summed E-state index contributed by atoms with van der Waals surface area (Å²) in [6, 6.07) is 3.98. The molecule has 0 spiro atoms. The van der Waals surface area contributed by atoms with Crippen LogP contribution in [0.4, 0.5) is 13.2 Å². The Bertz CT molecular complexity index is 637. The van der Waals surface area contributed by atoms with Crippen molar-refractivity contribution in [2.75, 3.05) is 0 Å². The van der Waals surface area contributed by atoms with E-state index in [0.29, 0.717) is 0 Å². The summed E-state index contributed by atoms with van der Waals surface area (Å²) in [7, 11) is 0. The van der Waals surface area contributed by atoms with Crippen molar-refractivity contribution in [3.8, 4) is 17.4 Å². The maximum Gasteiger partial charge on any atom is 0.433 e. The molecule has 2 aromatic rings. The van der Waals surface area contributed by atoms with Crippen LogP contribution in [0, 0.1) is 0 Å². The molecule has 0 aliphatic rings. The van der Waals surface area contributed by atoms with Crippen LogP contribution in [0.3, 0.4) is 0 Å². The molecule has 0 unspecified atom stereocenters. The van der Waals surface area contributed by atoms with Crippen LogP contribution < -0.4 is 5.56 Å². The minimum absolute atomic E-state index is 0.183. The molecule has 0 saturated carbocycles. The average Bonchev–Trinajstić information content (AvgIpc) is 2.27. The summed E-state index contributed by atoms with van der Waals surface area (Å²) in [6.45, 7) is 0. The molecule has 2 rings (SSSR count). The highest BCUT2D eigenvalue weighted by molar-refractivity contribution is 5.49. The lowest BCUT2D eigenvalue weighted by atomic mass is 10.3. The van der Waals surface area contributed by atoms with Crippen molar-refractivity contribution in [3.63, 3.8) is 0 Å². The van der Waals surface area contributed by atoms with E-state index in [1.807, 2.05) is 0 Å². The standard InChI is InChI=1S/C10H6F3N3O2/c11-10(12,13)6-3-1-2-5(14-6)9-15-7(17)4-8(18)16-9/h1-4H,(H2,15,16,17,18). The van der Waals surface area contributed by atoms with E-state index in [1.165, 1.54) is 6.07 Å². The topological polar surface area (TPSA) is 78.9 Å². The number of nitrogens with zero attached hydrogens (tertiary/aromatic N) is 2. The minimum Gasteiger partial charge on any atom is -0.493 e. The lowest BCUT2D eigenvalue weighted by molar-refractivity contribution is -0.141. The van der Waals surface area contributed by atoms with Crippen LogP contribution in [0.15, 0.2) is 29.1 Å². The summed E-state index contributed by atoms with van der Waals surface area (Å²) in [5.41, 5.74) is -1.97. The van der Waals surface area contributed by atoms with E-state index in [-0.39, 0.29) is 11.5 Å². The molecule has 5 nitrogen and oxygen atoms in total. The number of nitrogens with one attached hydrogen (secondary N) is 1. The molecule has 0 aliphatic heterocycles. The second-order valence-electron chi connectivity index (χ2n) is 3.36. The highest BCUT2D eigenvalue weighted by atomic mass is 19.4. The third-order valence-corrected chi connectivity index (χ3v) is 2.01. The number of H-pyrrole nitrogens is 1. The smallest absolute Gasteiger partial charge is 0.433 e. The molecule has 2 heterocycles. The predicted octanol–water partition coefficient (Wildman–Crippen LogP) is 1.56. The third kappa shape index (κ3) is 2.47. The average molecular weight is 257 g/mol. The van der Waals surface area contributed by atoms with Gasteiger partial charge in [-0.15, -0.1) is 0 Å². The Balaban J connectivity index is 2.54. The van der Waals surface area contributed by atoms with Gasteiger partial charge in [-0.25, -0.2) is 4.98 Å². The molecule has 0 radical (unpaired) electrons. The van der Waals surface area contributed by atoms with Crippen molar-refractivity contribution >= 4 is 0 Å². The van der Waals surface area contributed by atoms with Gasteiger partial charge in [-0.05, 0) is 12.1 Å². The Labute approximate surface area is 98.0 Å². The van der Waals surface area contributed by atoms with Gasteiger partial charge in [0.15, 0.2) is 5.82 Å². The largest absolute Gasteiger partial charge is 0.493 e. The molecule has 0 aromatic carbocycles. The van der Waals surface area contributed by atoms with Crippen LogP contribution in [0.5, 0.6) is 5.88 Å². The van der Waals surface area contributed by atoms with Gasteiger partial charge in [0, 0.05) is 0 Å². The first-order valence-electron chi connectivity index (χ1n) is 4.71. The van der Waals surface area contributed by atoms with E-state index >= 15 is 0 Å². The van der Waals surface area contributed by atoms with Crippen molar-refractivity contribution in [1.29, 1.82) is 0 Å². The van der Waals surface area contributed by atoms with Crippen LogP contribution in [0.2, 0.25) is 0 Å². The number of aromatic amines is 1. The molecular weight excluding hydrogens is 251 g/mol. The molecule has 0 amide bonds. The van der Waals surface area contributed by atoms with Crippen molar-refractivity contribution in [2.45, 2.75) is 6.18 Å². The maximum absolute atomic E-state index is 12.4. The molecule has 0 bridgehead atoms. The van der Waals surface area contributed by atoms with Gasteiger partial charge in [-0.3, -0.25) is 4.79 Å². The van der Waals surface area contributed by atoms with Crippen LogP contribution in [-0.4, -0.2) is 20.1 Å². The van der Waals surface area contributed by atoms with Gasteiger partial charge >= 0.3 is 6.18 Å². The second kappa shape index (κ2) is 4.13. The van der Waals surface area contributed by atoms with Crippen molar-refractivity contribution in [1.82, 2.24) is 15.0 Å². The van der Waals surface area contributed by atoms with E-state index in [0.717, 1.165) is 18.2 Å². The summed E-state index contributed by atoms with van der Waals surface area (Å²) >= 11 is 0. The van der Waals surface area contributed by atoms with Gasteiger partial charge in [0.2, 0.25) is 5.88 Å². The second-order valence-corrected chi connectivity index (χ2v) is 3.36. The number of halogens is 3. The molecular formula is C10H6F3N3O2. The molecule has 0 aliphatic carbocycles. The van der Waals surface area contributed by atoms with Gasteiger partial charge < -0.3 is 10.1 Å². The third-order valence-electron chi connectivity index (χ3n) is 2.01. The number of aromatic nitrogens is 3. The summed E-state index contributed by atoms with van der Waals surface area (Å²) in [6.07, 6.45) is -4.59. The fraction of sp³-hybridized carbons (Fsp3) is 0.100. The quantitative estimate of drug-likeness (QED) is 0.812. The summed E-state index contributed by atoms with van der Waals surface area (Å²) in [5, 5.41) is 9.10. The van der Waals surface area contributed by atoms with Gasteiger partial charge in [0.25, 0.3) is 5.56 Å². The molecule has 94 valence electrons. The first-order valence-corrected chi connectivity index (χ1v) is 4.71. The first-order chi connectivity index (χ1) is 8.36. The van der Waals surface area contributed by atoms with Crippen molar-refractivity contribution in [2.24, 2.45) is 0 Å². The van der Waals surface area contributed by atoms with E-state index in [1.54, 1.807) is 0 Å². The number of alkyl halides is 3. The fourth-order valence-corrected chi connectivity index (χ4v) is 1.29. The lowest BCUT2D eigenvalue weighted by Gasteiger charge is -2.07. The number of rotatable bonds is 1. The van der Waals surface area contributed by atoms with Gasteiger partial charge in [0.1, 0.15) is 11.4 Å². The molecule has 2 aromatic heterocycles. The molecule has 0 fully saturated rings. The minimum atomic E-state index is -4.59. The summed E-state index contributed by atoms with van der Waals surface area (Å²) < 4.78 is 37.3. The van der Waals surface area contributed by atoms with Crippen molar-refractivity contribution in [3.05, 3.63) is 40.3 Å². The van der Waals surface area contributed by atoms with Gasteiger partial charge in [0.05, 0.1) is 6.07 Å². The van der Waals surface area contributed by atoms with Crippen LogP contribution in [0.1, 0.15) is 5.69 Å². The zero-order chi connectivity index (χ0) is 13.3. The normalized spacial score (nSPS) is 11.5. The van der Waals surface area contributed by atoms with Crippen molar-refractivity contribution < 1.29 is 18.3 Å². The van der Waals surface area contributed by atoms with Crippen LogP contribution in [-0.2, 0) is 6.18 Å². The Morgan fingerprint density at radius 1 is 1.22 bits per heavy atom. The Morgan fingerprint density at radius 2 is 1.94 bits per heavy atom. The molecule has 0 saturated heterocycles. The highest BCUT2D eigenvalue weighted by Gasteiger charge is 2.32. The van der Waals surface area contributed by atoms with E-state index < -0.39 is 23.3 Å². The Kier molecular flexibility index (Phi) is 2.77. The van der Waals surface area contributed by atoms with Crippen LogP contribution in [0.25, 0.3) is 11.5 Å². The SMILES string of the molecule is O=c1cc(O)nc(-c2cccc(C(F)(F)F)n2)[nH]1. The summed E-state index contributed by atoms with van der Waals surface area (Å²) in [4.78, 5) is 20.1. The van der Waals surface area contributed by atoms with E-state index in [2.05, 4.69) is 15.0 Å². The number of pyridine rings is 1. The molecule has 8 heteroatoms. The molecule has 2 N–H and O–H groups in total. The Morgan fingerprint density at radius 3 is 2.56 bits per heavy atom. The van der Waals surface area contributed by atoms with E-state index in [9.17, 15) is 18.0 Å². The summed E-state index contributed by atoms with van der Waals surface area (Å²) in [5.74, 6) is -0.820. The first kappa shape index (κ1) is 12.1. The monoisotopic (exact) mass is 257 g/mol. The zero-order valence-electron chi connectivity index (χ0n) is 8.69. The van der Waals surface area contributed by atoms with E-state index in [4.69, 9.17) is 5.11 Å². The number of aromatic hydroxyl groups is 1. The van der Waals surface area contributed by atoms with Gasteiger partial charge in [-0.2, -0.15) is 18.2 Å². The molecule has 18 heavy (non-hydrogen) atoms. The number of hydrogen-bond acceptors (Lipinski definition) is 4. The van der Waals surface area contributed by atoms with Gasteiger partial charge in [-0.1, -0.05) is 6.07 Å². The maximum atomic E-state index is 12.4. The molecule has 0 atom stereocenters. The highest BCUT2D eigenvalue weighted by Crippen LogP contribution is 2.28. The Hall–Kier alpha value is -2.38. The lowest BCUT2D eigenvalue weighted by Crippen LogP contribution is -2.11. The predicted molar refractivity (Wildman–Crippen MR) is 54.8 cm³/mol. The fourth-order valence-electron chi connectivity index (χ4n) is 1.29. The number of hydrogen-bond donors (Lipinski definition) is 2. The van der Waals surface area contributed by atoms with Crippen LogP contribution >= 0.6 is 0 Å². The zero-order valence-corrected chi connectivity index (χ0v) is 8.69.